The molecule has 3 aromatic heterocycles. The number of ether oxygens (including phenoxy) is 2. The van der Waals surface area contributed by atoms with Crippen molar-refractivity contribution in [2.24, 2.45) is 0 Å². The number of hydrogen-bond donors (Lipinski definition) is 2. The molecule has 3 aliphatic rings. The SMILES string of the molecule is C=C(COc1ccc2nc3c(c(CC)c2c1)Cn1c-3cc2c(c1=O)COC(=O)[C@]2(O)CC)C(=O)N1CCN(c2ncnc3c(F)c(-c4cc(O)cc5ccccc45)c(Cl)cc23)CC1. The van der Waals surface area contributed by atoms with Crippen LogP contribution in [0.2, 0.25) is 5.02 Å². The zero-order chi connectivity index (χ0) is 43.9. The number of carbonyl (C=O) groups is 2. The molecule has 1 fully saturated rings. The van der Waals surface area contributed by atoms with Crippen LogP contribution in [0, 0.1) is 5.82 Å². The maximum atomic E-state index is 16.4. The molecule has 318 valence electrons. The lowest BCUT2D eigenvalue weighted by Crippen LogP contribution is -2.49. The van der Waals surface area contributed by atoms with Crippen LogP contribution in [-0.2, 0) is 39.5 Å². The summed E-state index contributed by atoms with van der Waals surface area (Å²) >= 11 is 6.80. The fourth-order valence-electron chi connectivity index (χ4n) is 9.33. The van der Waals surface area contributed by atoms with E-state index in [-0.39, 0.29) is 76.2 Å². The van der Waals surface area contributed by atoms with Crippen molar-refractivity contribution in [3.63, 3.8) is 0 Å². The average molecular weight is 867 g/mol. The predicted octanol–water partition coefficient (Wildman–Crippen LogP) is 7.19. The van der Waals surface area contributed by atoms with Crippen molar-refractivity contribution in [2.45, 2.75) is 45.4 Å². The van der Waals surface area contributed by atoms with E-state index in [2.05, 4.69) is 16.5 Å². The summed E-state index contributed by atoms with van der Waals surface area (Å²) in [6.07, 6.45) is 2.01. The van der Waals surface area contributed by atoms with E-state index in [1.807, 2.05) is 48.2 Å². The molecule has 13 nitrogen and oxygen atoms in total. The van der Waals surface area contributed by atoms with E-state index in [0.29, 0.717) is 72.0 Å². The van der Waals surface area contributed by atoms with E-state index in [1.54, 1.807) is 40.7 Å². The van der Waals surface area contributed by atoms with Crippen LogP contribution in [0.25, 0.3) is 55.1 Å². The van der Waals surface area contributed by atoms with Gasteiger partial charge in [-0.1, -0.05) is 56.3 Å². The Morgan fingerprint density at radius 1 is 0.984 bits per heavy atom. The number of rotatable bonds is 8. The second-order valence-corrected chi connectivity index (χ2v) is 16.5. The van der Waals surface area contributed by atoms with E-state index in [0.717, 1.165) is 27.3 Å². The van der Waals surface area contributed by atoms with Crippen molar-refractivity contribution in [3.05, 3.63) is 129 Å². The number of benzene rings is 4. The number of piperazine rings is 1. The number of carbonyl (C=O) groups excluding carboxylic acids is 2. The number of hydrogen-bond acceptors (Lipinski definition) is 11. The fraction of sp³-hybridized carbons (Fsp3) is 0.250. The first-order chi connectivity index (χ1) is 30.4. The van der Waals surface area contributed by atoms with Crippen molar-refractivity contribution in [3.8, 4) is 34.0 Å². The molecular weight excluding hydrogens is 827 g/mol. The lowest BCUT2D eigenvalue weighted by Gasteiger charge is -2.36. The van der Waals surface area contributed by atoms with Gasteiger partial charge in [0.05, 0.1) is 34.0 Å². The van der Waals surface area contributed by atoms with Gasteiger partial charge in [0.15, 0.2) is 11.4 Å². The zero-order valence-electron chi connectivity index (χ0n) is 34.4. The second kappa shape index (κ2) is 15.2. The second-order valence-electron chi connectivity index (χ2n) is 16.1. The molecule has 0 saturated carbocycles. The highest BCUT2D eigenvalue weighted by atomic mass is 35.5. The number of aromatic hydroxyl groups is 1. The van der Waals surface area contributed by atoms with Gasteiger partial charge in [0.1, 0.15) is 42.4 Å². The number of pyridine rings is 2. The molecule has 4 aromatic carbocycles. The minimum atomic E-state index is -1.91. The van der Waals surface area contributed by atoms with Crippen LogP contribution in [0.5, 0.6) is 11.5 Å². The molecular formula is C48H40ClFN6O7. The Labute approximate surface area is 364 Å². The minimum absolute atomic E-state index is 0.0123. The van der Waals surface area contributed by atoms with E-state index in [9.17, 15) is 24.6 Å². The number of nitrogens with zero attached hydrogens (tertiary/aromatic N) is 6. The van der Waals surface area contributed by atoms with Gasteiger partial charge in [-0.05, 0) is 77.2 Å². The minimum Gasteiger partial charge on any atom is -0.508 e. The summed E-state index contributed by atoms with van der Waals surface area (Å²) in [7, 11) is 0. The average Bonchev–Trinajstić information content (AvgIpc) is 3.66. The Morgan fingerprint density at radius 3 is 2.56 bits per heavy atom. The molecule has 0 bridgehead atoms. The zero-order valence-corrected chi connectivity index (χ0v) is 35.1. The molecule has 63 heavy (non-hydrogen) atoms. The van der Waals surface area contributed by atoms with Crippen LogP contribution in [-0.4, -0.2) is 79.3 Å². The molecule has 15 heteroatoms. The van der Waals surface area contributed by atoms with E-state index < -0.39 is 17.4 Å². The number of fused-ring (bicyclic) bond motifs is 7. The number of halogens is 2. The Bertz CT molecular complexity index is 3200. The first-order valence-corrected chi connectivity index (χ1v) is 21.1. The number of phenolic OH excluding ortho intramolecular Hbond substituents is 1. The smallest absolute Gasteiger partial charge is 0.343 e. The molecule has 1 atom stereocenters. The van der Waals surface area contributed by atoms with Gasteiger partial charge in [0.25, 0.3) is 11.5 Å². The van der Waals surface area contributed by atoms with Gasteiger partial charge in [-0.2, -0.15) is 0 Å². The van der Waals surface area contributed by atoms with Crippen molar-refractivity contribution >= 4 is 61.9 Å². The van der Waals surface area contributed by atoms with Crippen molar-refractivity contribution < 1.29 is 33.7 Å². The normalized spacial score (nSPS) is 16.9. The summed E-state index contributed by atoms with van der Waals surface area (Å²) in [5, 5.41) is 24.6. The molecule has 0 spiro atoms. The van der Waals surface area contributed by atoms with Gasteiger partial charge in [-0.15, -0.1) is 0 Å². The monoisotopic (exact) mass is 866 g/mol. The Morgan fingerprint density at radius 2 is 1.78 bits per heavy atom. The molecule has 3 aliphatic heterocycles. The first-order valence-electron chi connectivity index (χ1n) is 20.7. The van der Waals surface area contributed by atoms with E-state index >= 15 is 4.39 Å². The van der Waals surface area contributed by atoms with Gasteiger partial charge in [-0.3, -0.25) is 9.59 Å². The predicted molar refractivity (Wildman–Crippen MR) is 236 cm³/mol. The molecule has 10 rings (SSSR count). The summed E-state index contributed by atoms with van der Waals surface area (Å²) in [5.41, 5.74) is 2.96. The number of amides is 1. The van der Waals surface area contributed by atoms with Gasteiger partial charge in [0.2, 0.25) is 0 Å². The highest BCUT2D eigenvalue weighted by Crippen LogP contribution is 2.43. The number of aromatic nitrogens is 4. The van der Waals surface area contributed by atoms with Crippen LogP contribution >= 0.6 is 11.6 Å². The Hall–Kier alpha value is -6.90. The van der Waals surface area contributed by atoms with Crippen LogP contribution in [0.1, 0.15) is 42.5 Å². The molecule has 0 radical (unpaired) electrons. The first kappa shape index (κ1) is 40.2. The van der Waals surface area contributed by atoms with E-state index in [4.69, 9.17) is 26.1 Å². The molecule has 7 aromatic rings. The van der Waals surface area contributed by atoms with Gasteiger partial charge < -0.3 is 34.1 Å². The number of phenols is 1. The molecule has 2 N–H and O–H groups in total. The number of cyclic esters (lactones) is 1. The molecule has 0 unspecified atom stereocenters. The van der Waals surface area contributed by atoms with Crippen molar-refractivity contribution in [1.82, 2.24) is 24.4 Å². The lowest BCUT2D eigenvalue weighted by atomic mass is 9.86. The number of anilines is 1. The van der Waals surface area contributed by atoms with E-state index in [1.165, 1.54) is 12.4 Å². The maximum absolute atomic E-state index is 16.4. The molecule has 1 amide bonds. The third kappa shape index (κ3) is 6.38. The number of esters is 1. The topological polar surface area (TPSA) is 160 Å². The third-order valence-electron chi connectivity index (χ3n) is 12.6. The maximum Gasteiger partial charge on any atom is 0.343 e. The van der Waals surface area contributed by atoms with Crippen LogP contribution in [0.15, 0.2) is 90.0 Å². The van der Waals surface area contributed by atoms with Gasteiger partial charge in [-0.25, -0.2) is 24.1 Å². The van der Waals surface area contributed by atoms with Gasteiger partial charge >= 0.3 is 5.97 Å². The number of aliphatic hydroxyl groups is 1. The Kier molecular flexibility index (Phi) is 9.68. The Balaban J connectivity index is 0.837. The third-order valence-corrected chi connectivity index (χ3v) is 12.9. The summed E-state index contributed by atoms with van der Waals surface area (Å²) in [6, 6.07) is 19.3. The highest BCUT2D eigenvalue weighted by Gasteiger charge is 2.45. The lowest BCUT2D eigenvalue weighted by molar-refractivity contribution is -0.172. The quantitative estimate of drug-likeness (QED) is 0.118. The fourth-order valence-corrected chi connectivity index (χ4v) is 9.62. The van der Waals surface area contributed by atoms with Crippen molar-refractivity contribution in [1.29, 1.82) is 0 Å². The molecule has 1 saturated heterocycles. The standard InChI is InChI=1S/C48H40ClFN6O7/c1-4-29-31-18-28(10-11-38(31)53-42-34(29)21-56-39(42)20-36-35(46(56)59)23-63-47(60)48(36,61)5-2)62-22-25(3)45(58)55-14-12-54(13-15-55)44-33-19-37(49)40(41(50)43(33)51-24-52-44)32-17-27(57)16-26-8-6-7-9-30(26)32/h6-11,16-20,24,57,61H,3-5,12-15,21-23H2,1-2H3/t48-/m0/s1. The van der Waals surface area contributed by atoms with Gasteiger partial charge in [0, 0.05) is 59.2 Å². The summed E-state index contributed by atoms with van der Waals surface area (Å²) in [6.45, 7) is 9.32. The summed E-state index contributed by atoms with van der Waals surface area (Å²) in [5.74, 6) is -0.638. The van der Waals surface area contributed by atoms with Crippen LogP contribution < -0.4 is 15.2 Å². The van der Waals surface area contributed by atoms with Crippen LogP contribution in [0.3, 0.4) is 0 Å². The molecule has 0 aliphatic carbocycles. The van der Waals surface area contributed by atoms with Crippen molar-refractivity contribution in [2.75, 3.05) is 37.7 Å². The molecule has 6 heterocycles. The number of aryl methyl sites for hydroxylation is 1. The summed E-state index contributed by atoms with van der Waals surface area (Å²) in [4.78, 5) is 57.4. The highest BCUT2D eigenvalue weighted by molar-refractivity contribution is 6.35. The summed E-state index contributed by atoms with van der Waals surface area (Å²) < 4.78 is 29.4. The largest absolute Gasteiger partial charge is 0.508 e. The van der Waals surface area contributed by atoms with Crippen LogP contribution in [0.4, 0.5) is 10.2 Å².